The summed E-state index contributed by atoms with van der Waals surface area (Å²) in [6.07, 6.45) is 4.14. The normalized spacial score (nSPS) is 29.4. The zero-order valence-corrected chi connectivity index (χ0v) is 14.4. The average Bonchev–Trinajstić information content (AvgIpc) is 3.17. The van der Waals surface area contributed by atoms with Crippen molar-refractivity contribution in [2.24, 2.45) is 23.7 Å². The molecule has 0 radical (unpaired) electrons. The van der Waals surface area contributed by atoms with Crippen molar-refractivity contribution in [3.8, 4) is 5.75 Å². The highest BCUT2D eigenvalue weighted by Gasteiger charge is 2.61. The zero-order chi connectivity index (χ0) is 17.9. The van der Waals surface area contributed by atoms with Gasteiger partial charge in [-0.3, -0.25) is 14.4 Å². The van der Waals surface area contributed by atoms with Gasteiger partial charge in [0, 0.05) is 24.8 Å². The molecule has 1 saturated heterocycles. The Labute approximate surface area is 146 Å². The van der Waals surface area contributed by atoms with Crippen LogP contribution in [-0.4, -0.2) is 17.8 Å². The Morgan fingerprint density at radius 3 is 2.12 bits per heavy atom. The number of esters is 1. The van der Waals surface area contributed by atoms with E-state index in [1.54, 1.807) is 24.3 Å². The first-order chi connectivity index (χ1) is 11.9. The predicted molar refractivity (Wildman–Crippen MR) is 91.7 cm³/mol. The van der Waals surface area contributed by atoms with Gasteiger partial charge in [0.05, 0.1) is 17.5 Å². The Balaban J connectivity index is 1.70. The number of imide groups is 1. The fourth-order valence-corrected chi connectivity index (χ4v) is 4.54. The lowest BCUT2D eigenvalue weighted by atomic mass is 9.85. The smallest absolute Gasteiger partial charge is 0.308 e. The van der Waals surface area contributed by atoms with Crippen LogP contribution in [-0.2, 0) is 14.4 Å². The van der Waals surface area contributed by atoms with E-state index in [0.717, 1.165) is 0 Å². The molecule has 0 N–H and O–H groups in total. The van der Waals surface area contributed by atoms with Gasteiger partial charge in [-0.25, -0.2) is 4.90 Å². The van der Waals surface area contributed by atoms with Gasteiger partial charge in [0.2, 0.25) is 11.8 Å². The van der Waals surface area contributed by atoms with Gasteiger partial charge < -0.3 is 4.74 Å². The molecule has 1 aromatic rings. The van der Waals surface area contributed by atoms with Crippen molar-refractivity contribution in [3.63, 3.8) is 0 Å². The molecular weight excluding hydrogens is 318 g/mol. The van der Waals surface area contributed by atoms with E-state index in [1.165, 1.54) is 23.0 Å². The number of carbonyl (C=O) groups is 3. The summed E-state index contributed by atoms with van der Waals surface area (Å²) < 4.78 is 5.07. The number of nitrogens with zero attached hydrogens (tertiary/aromatic N) is 1. The van der Waals surface area contributed by atoms with Gasteiger partial charge >= 0.3 is 5.97 Å². The minimum absolute atomic E-state index is 0.0260. The minimum Gasteiger partial charge on any atom is -0.427 e. The molecule has 1 aromatic carbocycles. The van der Waals surface area contributed by atoms with E-state index in [2.05, 4.69) is 12.2 Å². The van der Waals surface area contributed by atoms with Crippen LogP contribution in [0.25, 0.3) is 0 Å². The lowest BCUT2D eigenvalue weighted by Gasteiger charge is -2.19. The van der Waals surface area contributed by atoms with Crippen molar-refractivity contribution >= 4 is 23.5 Å². The van der Waals surface area contributed by atoms with Crippen LogP contribution in [0.1, 0.15) is 20.8 Å². The first-order valence-electron chi connectivity index (χ1n) is 8.42. The first-order valence-corrected chi connectivity index (χ1v) is 8.42. The molecule has 1 aliphatic heterocycles. The maximum atomic E-state index is 13.0. The third kappa shape index (κ3) is 2.18. The summed E-state index contributed by atoms with van der Waals surface area (Å²) in [6, 6.07) is 6.57. The van der Waals surface area contributed by atoms with E-state index >= 15 is 0 Å². The maximum Gasteiger partial charge on any atom is 0.308 e. The van der Waals surface area contributed by atoms with Gasteiger partial charge in [-0.2, -0.15) is 0 Å². The number of ether oxygens (including phenoxy) is 1. The molecule has 128 valence electrons. The zero-order valence-electron chi connectivity index (χ0n) is 14.4. The van der Waals surface area contributed by atoms with Crippen LogP contribution < -0.4 is 9.64 Å². The van der Waals surface area contributed by atoms with E-state index in [9.17, 15) is 14.4 Å². The standard InChI is InChI=1S/C20H19NO4/c1-10(2)16-14-7-8-15(16)18-17(14)19(23)21(20(18)24)12-5-4-6-13(9-12)25-11(3)22/h4-9,14-15,17-18H,1-3H3/t14-,15+,17-,18-/m0/s1. The lowest BCUT2D eigenvalue weighted by molar-refractivity contribution is -0.132. The third-order valence-electron chi connectivity index (χ3n) is 5.33. The van der Waals surface area contributed by atoms with E-state index in [1.807, 2.05) is 13.8 Å². The molecule has 2 aliphatic carbocycles. The quantitative estimate of drug-likeness (QED) is 0.360. The van der Waals surface area contributed by atoms with Gasteiger partial charge in [0.1, 0.15) is 5.75 Å². The fraction of sp³-hybridized carbons (Fsp3) is 0.350. The second-order valence-electron chi connectivity index (χ2n) is 7.05. The Bertz CT molecular complexity index is 828. The molecular formula is C20H19NO4. The summed E-state index contributed by atoms with van der Waals surface area (Å²) in [7, 11) is 0. The summed E-state index contributed by atoms with van der Waals surface area (Å²) in [5.41, 5.74) is 2.88. The Hall–Kier alpha value is -2.69. The van der Waals surface area contributed by atoms with Gasteiger partial charge in [-0.15, -0.1) is 0 Å². The van der Waals surface area contributed by atoms with E-state index < -0.39 is 5.97 Å². The fourth-order valence-electron chi connectivity index (χ4n) is 4.54. The van der Waals surface area contributed by atoms with Crippen LogP contribution in [0.4, 0.5) is 5.69 Å². The number of amides is 2. The molecule has 25 heavy (non-hydrogen) atoms. The molecule has 2 amide bonds. The Morgan fingerprint density at radius 1 is 1.00 bits per heavy atom. The van der Waals surface area contributed by atoms with Crippen LogP contribution in [0.2, 0.25) is 0 Å². The van der Waals surface area contributed by atoms with Gasteiger partial charge in [-0.05, 0) is 26.0 Å². The highest BCUT2D eigenvalue weighted by molar-refractivity contribution is 6.23. The number of allylic oxidation sites excluding steroid dienone is 4. The number of anilines is 1. The van der Waals surface area contributed by atoms with Gasteiger partial charge in [0.15, 0.2) is 0 Å². The molecule has 4 rings (SSSR count). The number of hydrogen-bond acceptors (Lipinski definition) is 4. The van der Waals surface area contributed by atoms with E-state index in [-0.39, 0.29) is 35.5 Å². The molecule has 2 bridgehead atoms. The number of benzene rings is 1. The van der Waals surface area contributed by atoms with Crippen molar-refractivity contribution in [1.29, 1.82) is 0 Å². The van der Waals surface area contributed by atoms with Crippen molar-refractivity contribution in [3.05, 3.63) is 47.6 Å². The van der Waals surface area contributed by atoms with Crippen LogP contribution in [0.3, 0.4) is 0 Å². The minimum atomic E-state index is -0.441. The summed E-state index contributed by atoms with van der Waals surface area (Å²) in [5.74, 6) is -1.01. The van der Waals surface area contributed by atoms with Crippen LogP contribution >= 0.6 is 0 Å². The summed E-state index contributed by atoms with van der Waals surface area (Å²) in [5, 5.41) is 0. The van der Waals surface area contributed by atoms with Crippen molar-refractivity contribution in [1.82, 2.24) is 0 Å². The molecule has 5 nitrogen and oxygen atoms in total. The molecule has 0 spiro atoms. The van der Waals surface area contributed by atoms with Crippen LogP contribution in [0, 0.1) is 23.7 Å². The molecule has 2 fully saturated rings. The second kappa shape index (κ2) is 5.41. The van der Waals surface area contributed by atoms with E-state index in [4.69, 9.17) is 4.74 Å². The van der Waals surface area contributed by atoms with Gasteiger partial charge in [0.25, 0.3) is 0 Å². The summed E-state index contributed by atoms with van der Waals surface area (Å²) in [6.45, 7) is 5.39. The number of hydrogen-bond donors (Lipinski definition) is 0. The number of rotatable bonds is 2. The Morgan fingerprint density at radius 2 is 1.60 bits per heavy atom. The molecule has 0 unspecified atom stereocenters. The molecule has 1 saturated carbocycles. The van der Waals surface area contributed by atoms with Crippen molar-refractivity contribution in [2.75, 3.05) is 4.90 Å². The summed E-state index contributed by atoms with van der Waals surface area (Å²) in [4.78, 5) is 38.5. The number of fused-ring (bicyclic) bond motifs is 5. The SMILES string of the molecule is CC(=O)Oc1cccc(N2C(=O)[C@@H]3[C@@H](C2=O)[C@H]2C=C[C@@H]3C2=C(C)C)c1. The van der Waals surface area contributed by atoms with Gasteiger partial charge in [-0.1, -0.05) is 29.4 Å². The maximum absolute atomic E-state index is 13.0. The molecule has 5 heteroatoms. The highest BCUT2D eigenvalue weighted by Crippen LogP contribution is 2.57. The largest absolute Gasteiger partial charge is 0.427 e. The predicted octanol–water partition coefficient (Wildman–Crippen LogP) is 2.87. The highest BCUT2D eigenvalue weighted by atomic mass is 16.5. The molecule has 1 heterocycles. The average molecular weight is 337 g/mol. The molecule has 3 aliphatic rings. The molecule has 4 atom stereocenters. The second-order valence-corrected chi connectivity index (χ2v) is 7.05. The van der Waals surface area contributed by atoms with E-state index in [0.29, 0.717) is 11.4 Å². The topological polar surface area (TPSA) is 63.7 Å². The first kappa shape index (κ1) is 15.8. The molecule has 0 aromatic heterocycles. The van der Waals surface area contributed by atoms with Crippen LogP contribution in [0.5, 0.6) is 5.75 Å². The lowest BCUT2D eigenvalue weighted by Crippen LogP contribution is -2.33. The van der Waals surface area contributed by atoms with Crippen molar-refractivity contribution < 1.29 is 19.1 Å². The van der Waals surface area contributed by atoms with Crippen molar-refractivity contribution in [2.45, 2.75) is 20.8 Å². The summed E-state index contributed by atoms with van der Waals surface area (Å²) >= 11 is 0. The monoisotopic (exact) mass is 337 g/mol. The van der Waals surface area contributed by atoms with Crippen LogP contribution in [0.15, 0.2) is 47.6 Å². The number of carbonyl (C=O) groups excluding carboxylic acids is 3. The third-order valence-corrected chi connectivity index (χ3v) is 5.33. The Kier molecular flexibility index (Phi) is 3.42.